The van der Waals surface area contributed by atoms with Gasteiger partial charge in [-0.15, -0.1) is 0 Å². The number of allylic oxidation sites excluding steroid dienone is 1. The van der Waals surface area contributed by atoms with Gasteiger partial charge in [-0.1, -0.05) is 31.9 Å². The first-order chi connectivity index (χ1) is 14.3. The summed E-state index contributed by atoms with van der Waals surface area (Å²) >= 11 is 0. The Morgan fingerprint density at radius 3 is 2.80 bits per heavy atom. The Bertz CT molecular complexity index is 857. The van der Waals surface area contributed by atoms with Gasteiger partial charge in [-0.2, -0.15) is 5.26 Å². The second-order valence-corrected chi connectivity index (χ2v) is 8.25. The summed E-state index contributed by atoms with van der Waals surface area (Å²) < 4.78 is 27.0. The van der Waals surface area contributed by atoms with Gasteiger partial charge in [0, 0.05) is 29.9 Å². The van der Waals surface area contributed by atoms with Crippen molar-refractivity contribution in [3.05, 3.63) is 35.7 Å². The Morgan fingerprint density at radius 2 is 2.10 bits per heavy atom. The van der Waals surface area contributed by atoms with Crippen LogP contribution in [0.4, 0.5) is 8.78 Å². The molecule has 0 aromatic carbocycles. The summed E-state index contributed by atoms with van der Waals surface area (Å²) in [6.07, 6.45) is 11.0. The van der Waals surface area contributed by atoms with Gasteiger partial charge < -0.3 is 10.2 Å². The first kappa shape index (κ1) is 21.9. The minimum absolute atomic E-state index is 0.363. The third kappa shape index (κ3) is 5.41. The van der Waals surface area contributed by atoms with Crippen LogP contribution in [0, 0.1) is 23.2 Å². The SMILES string of the molecule is C[C@H]1CC[C@H](/C=C/c2cnccc2C(=O)NCC(=O)N2CC(F)(F)C[C@H]2C#N)CC1. The number of amides is 2. The van der Waals surface area contributed by atoms with Gasteiger partial charge in [0.05, 0.1) is 19.2 Å². The highest BCUT2D eigenvalue weighted by Gasteiger charge is 2.47. The normalized spacial score (nSPS) is 25.8. The molecule has 1 aromatic heterocycles. The van der Waals surface area contributed by atoms with Crippen molar-refractivity contribution >= 4 is 17.9 Å². The zero-order valence-corrected chi connectivity index (χ0v) is 17.0. The number of nitrogens with one attached hydrogen (secondary N) is 1. The zero-order chi connectivity index (χ0) is 21.7. The number of halogens is 2. The summed E-state index contributed by atoms with van der Waals surface area (Å²) in [4.78, 5) is 29.8. The van der Waals surface area contributed by atoms with Gasteiger partial charge in [-0.3, -0.25) is 14.6 Å². The van der Waals surface area contributed by atoms with Crippen LogP contribution in [0.3, 0.4) is 0 Å². The lowest BCUT2D eigenvalue weighted by molar-refractivity contribution is -0.131. The Hall–Kier alpha value is -2.82. The number of rotatable bonds is 5. The Labute approximate surface area is 175 Å². The van der Waals surface area contributed by atoms with Gasteiger partial charge >= 0.3 is 0 Å². The number of nitrogens with zero attached hydrogens (tertiary/aromatic N) is 3. The van der Waals surface area contributed by atoms with E-state index in [1.807, 2.05) is 6.08 Å². The summed E-state index contributed by atoms with van der Waals surface area (Å²) in [6, 6.07) is 2.11. The maximum Gasteiger partial charge on any atom is 0.268 e. The lowest BCUT2D eigenvalue weighted by atomic mass is 9.83. The quantitative estimate of drug-likeness (QED) is 0.797. The Balaban J connectivity index is 1.61. The van der Waals surface area contributed by atoms with Crippen molar-refractivity contribution in [2.24, 2.45) is 11.8 Å². The molecule has 8 heteroatoms. The number of hydrogen-bond acceptors (Lipinski definition) is 4. The molecule has 2 aliphatic rings. The summed E-state index contributed by atoms with van der Waals surface area (Å²) in [7, 11) is 0. The molecule has 1 aromatic rings. The van der Waals surface area contributed by atoms with Crippen LogP contribution in [0.25, 0.3) is 6.08 Å². The lowest BCUT2D eigenvalue weighted by Gasteiger charge is -2.23. The molecule has 1 atom stereocenters. The molecule has 0 bridgehead atoms. The topological polar surface area (TPSA) is 86.1 Å². The van der Waals surface area contributed by atoms with Gasteiger partial charge in [0.1, 0.15) is 6.04 Å². The molecule has 0 spiro atoms. The highest BCUT2D eigenvalue weighted by molar-refractivity contribution is 5.99. The molecule has 30 heavy (non-hydrogen) atoms. The van der Waals surface area contributed by atoms with E-state index in [1.165, 1.54) is 19.0 Å². The predicted molar refractivity (Wildman–Crippen MR) is 107 cm³/mol. The molecule has 1 aliphatic carbocycles. The average Bonchev–Trinajstić information content (AvgIpc) is 3.06. The molecule has 1 saturated heterocycles. The fourth-order valence-electron chi connectivity index (χ4n) is 4.01. The third-order valence-electron chi connectivity index (χ3n) is 5.84. The molecular weight excluding hydrogens is 390 g/mol. The van der Waals surface area contributed by atoms with Gasteiger partial charge in [-0.25, -0.2) is 8.78 Å². The van der Waals surface area contributed by atoms with E-state index in [2.05, 4.69) is 23.3 Å². The summed E-state index contributed by atoms with van der Waals surface area (Å²) in [5.74, 6) is -3.04. The number of aromatic nitrogens is 1. The van der Waals surface area contributed by atoms with Crippen LogP contribution in [0.1, 0.15) is 54.9 Å². The van der Waals surface area contributed by atoms with Gasteiger partial charge in [-0.05, 0) is 30.7 Å². The smallest absolute Gasteiger partial charge is 0.268 e. The van der Waals surface area contributed by atoms with Crippen LogP contribution in [-0.4, -0.2) is 46.8 Å². The fourth-order valence-corrected chi connectivity index (χ4v) is 4.01. The summed E-state index contributed by atoms with van der Waals surface area (Å²) in [6.45, 7) is 1.01. The van der Waals surface area contributed by atoms with Crippen molar-refractivity contribution in [3.8, 4) is 6.07 Å². The van der Waals surface area contributed by atoms with E-state index in [9.17, 15) is 18.4 Å². The second-order valence-electron chi connectivity index (χ2n) is 8.25. The van der Waals surface area contributed by atoms with E-state index >= 15 is 0 Å². The molecule has 1 aliphatic heterocycles. The highest BCUT2D eigenvalue weighted by Crippen LogP contribution is 2.32. The molecule has 2 amide bonds. The van der Waals surface area contributed by atoms with Crippen LogP contribution in [0.15, 0.2) is 24.5 Å². The average molecular weight is 416 g/mol. The minimum atomic E-state index is -3.08. The standard InChI is InChI=1S/C22H26F2N4O2/c1-15-2-4-16(5-3-15)6-7-17-12-26-9-8-19(17)21(30)27-13-20(29)28-14-22(23,24)10-18(28)11-25/h6-9,12,15-16,18H,2-5,10,13-14H2,1H3,(H,27,30)/b7-6+/t15-,16-,18-/m0/s1. The van der Waals surface area contributed by atoms with Crippen molar-refractivity contribution in [1.82, 2.24) is 15.2 Å². The summed E-state index contributed by atoms with van der Waals surface area (Å²) in [5.41, 5.74) is 1.01. The zero-order valence-electron chi connectivity index (χ0n) is 17.0. The molecule has 2 heterocycles. The van der Waals surface area contributed by atoms with Crippen molar-refractivity contribution in [2.45, 2.75) is 51.0 Å². The number of pyridine rings is 1. The molecule has 1 saturated carbocycles. The van der Waals surface area contributed by atoms with Crippen LogP contribution in [0.5, 0.6) is 0 Å². The number of nitriles is 1. The Morgan fingerprint density at radius 1 is 1.37 bits per heavy atom. The van der Waals surface area contributed by atoms with Crippen molar-refractivity contribution < 1.29 is 18.4 Å². The monoisotopic (exact) mass is 416 g/mol. The fraction of sp³-hybridized carbons (Fsp3) is 0.545. The Kier molecular flexibility index (Phi) is 6.80. The number of alkyl halides is 2. The minimum Gasteiger partial charge on any atom is -0.343 e. The first-order valence-corrected chi connectivity index (χ1v) is 10.3. The van der Waals surface area contributed by atoms with Crippen molar-refractivity contribution in [3.63, 3.8) is 0 Å². The largest absolute Gasteiger partial charge is 0.343 e. The van der Waals surface area contributed by atoms with E-state index in [0.717, 1.165) is 23.7 Å². The predicted octanol–water partition coefficient (Wildman–Crippen LogP) is 3.41. The van der Waals surface area contributed by atoms with Gasteiger partial charge in [0.2, 0.25) is 5.91 Å². The molecule has 1 N–H and O–H groups in total. The molecule has 0 radical (unpaired) electrons. The first-order valence-electron chi connectivity index (χ1n) is 10.3. The van der Waals surface area contributed by atoms with Crippen LogP contribution < -0.4 is 5.32 Å². The van der Waals surface area contributed by atoms with Crippen LogP contribution in [-0.2, 0) is 4.79 Å². The van der Waals surface area contributed by atoms with Crippen LogP contribution >= 0.6 is 0 Å². The maximum absolute atomic E-state index is 13.5. The van der Waals surface area contributed by atoms with E-state index in [4.69, 9.17) is 5.26 Å². The third-order valence-corrected chi connectivity index (χ3v) is 5.84. The van der Waals surface area contributed by atoms with E-state index < -0.39 is 43.3 Å². The molecule has 0 unspecified atom stereocenters. The highest BCUT2D eigenvalue weighted by atomic mass is 19.3. The molecule has 2 fully saturated rings. The van der Waals surface area contributed by atoms with E-state index in [-0.39, 0.29) is 0 Å². The second kappa shape index (κ2) is 9.33. The van der Waals surface area contributed by atoms with Gasteiger partial charge in [0.15, 0.2) is 0 Å². The number of hydrogen-bond donors (Lipinski definition) is 1. The lowest BCUT2D eigenvalue weighted by Crippen LogP contribution is -2.43. The molecule has 6 nitrogen and oxygen atoms in total. The van der Waals surface area contributed by atoms with Gasteiger partial charge in [0.25, 0.3) is 11.8 Å². The van der Waals surface area contributed by atoms with Crippen molar-refractivity contribution in [1.29, 1.82) is 5.26 Å². The van der Waals surface area contributed by atoms with Crippen molar-refractivity contribution in [2.75, 3.05) is 13.1 Å². The number of carbonyl (C=O) groups excluding carboxylic acids is 2. The maximum atomic E-state index is 13.5. The van der Waals surface area contributed by atoms with E-state index in [0.29, 0.717) is 17.0 Å². The van der Waals surface area contributed by atoms with Crippen LogP contribution in [0.2, 0.25) is 0 Å². The molecule has 160 valence electrons. The number of carbonyl (C=O) groups is 2. The summed E-state index contributed by atoms with van der Waals surface area (Å²) in [5, 5.41) is 11.5. The molecule has 3 rings (SSSR count). The molecular formula is C22H26F2N4O2. The number of likely N-dealkylation sites (tertiary alicyclic amines) is 1. The van der Waals surface area contributed by atoms with E-state index in [1.54, 1.807) is 18.3 Å².